The van der Waals surface area contributed by atoms with E-state index in [1.54, 1.807) is 31.1 Å². The maximum Gasteiger partial charge on any atom is 0.332 e. The molecule has 1 aromatic carbocycles. The van der Waals surface area contributed by atoms with Crippen molar-refractivity contribution >= 4 is 23.1 Å². The Labute approximate surface area is 198 Å². The van der Waals surface area contributed by atoms with Crippen molar-refractivity contribution in [1.82, 2.24) is 19.5 Å². The number of benzene rings is 1. The van der Waals surface area contributed by atoms with Crippen molar-refractivity contribution in [2.24, 2.45) is 0 Å². The largest absolute Gasteiger partial charge is 0.508 e. The first-order chi connectivity index (χ1) is 16.5. The number of anilines is 1. The monoisotopic (exact) mass is 493 g/mol. The molecule has 7 N–H and O–H groups in total. The van der Waals surface area contributed by atoms with Gasteiger partial charge in [-0.2, -0.15) is 4.98 Å². The first kappa shape index (κ1) is 26.1. The number of carbonyl (C=O) groups is 1. The van der Waals surface area contributed by atoms with Gasteiger partial charge in [0.15, 0.2) is 23.5 Å². The Kier molecular flexibility index (Phi) is 8.03. The van der Waals surface area contributed by atoms with E-state index in [1.165, 1.54) is 23.0 Å². The van der Waals surface area contributed by atoms with Crippen molar-refractivity contribution < 1.29 is 40.2 Å². The topological polar surface area (TPSA) is 214 Å². The number of aromatic amines is 1. The van der Waals surface area contributed by atoms with E-state index in [0.29, 0.717) is 11.5 Å². The number of aromatic hydroxyl groups is 1. The summed E-state index contributed by atoms with van der Waals surface area (Å²) in [6.07, 6.45) is -4.41. The summed E-state index contributed by atoms with van der Waals surface area (Å²) in [5.74, 6) is -0.798. The van der Waals surface area contributed by atoms with Crippen LogP contribution in [-0.4, -0.2) is 101 Å². The highest BCUT2D eigenvalue weighted by atomic mass is 16.6. The van der Waals surface area contributed by atoms with Crippen LogP contribution in [0.1, 0.15) is 11.8 Å². The average Bonchev–Trinajstić information content (AvgIpc) is 3.36. The van der Waals surface area contributed by atoms with E-state index in [9.17, 15) is 19.8 Å². The summed E-state index contributed by atoms with van der Waals surface area (Å²) < 4.78 is 6.81. The van der Waals surface area contributed by atoms with Crippen molar-refractivity contribution in [3.8, 4) is 5.75 Å². The van der Waals surface area contributed by atoms with Gasteiger partial charge in [0.05, 0.1) is 12.9 Å². The van der Waals surface area contributed by atoms with Crippen LogP contribution in [0, 0.1) is 0 Å². The molecule has 3 aromatic rings. The summed E-state index contributed by atoms with van der Waals surface area (Å²) in [5.41, 5.74) is 0.581. The molecule has 0 spiro atoms. The minimum atomic E-state index is -1.38. The molecule has 2 aromatic heterocycles. The average molecular weight is 493 g/mol. The lowest BCUT2D eigenvalue weighted by Crippen LogP contribution is -2.33. The molecule has 190 valence electrons. The van der Waals surface area contributed by atoms with E-state index in [4.69, 9.17) is 25.2 Å². The molecule has 0 saturated carbocycles. The Morgan fingerprint density at radius 3 is 2.43 bits per heavy atom. The zero-order valence-electron chi connectivity index (χ0n) is 18.9. The van der Waals surface area contributed by atoms with Gasteiger partial charge in [0.25, 0.3) is 5.56 Å². The molecule has 1 unspecified atom stereocenters. The number of hydrogen-bond acceptors (Lipinski definition) is 11. The molecule has 0 bridgehead atoms. The van der Waals surface area contributed by atoms with Crippen molar-refractivity contribution in [2.45, 2.75) is 37.1 Å². The number of fused-ring (bicyclic) bond motifs is 1. The summed E-state index contributed by atoms with van der Waals surface area (Å²) in [6.45, 7) is -0.432. The summed E-state index contributed by atoms with van der Waals surface area (Å²) in [5, 5.41) is 55.4. The number of aliphatic hydroxyl groups is 4. The highest BCUT2D eigenvalue weighted by Crippen LogP contribution is 2.30. The van der Waals surface area contributed by atoms with Crippen LogP contribution >= 0.6 is 0 Å². The Hall–Kier alpha value is -3.56. The molecule has 35 heavy (non-hydrogen) atoms. The number of imidazole rings is 1. The Morgan fingerprint density at radius 1 is 1.23 bits per heavy atom. The van der Waals surface area contributed by atoms with Gasteiger partial charge >= 0.3 is 5.97 Å². The first-order valence-electron chi connectivity index (χ1n) is 10.5. The zero-order chi connectivity index (χ0) is 25.9. The molecule has 0 amide bonds. The van der Waals surface area contributed by atoms with Crippen LogP contribution in [-0.2, 0) is 16.0 Å². The fourth-order valence-corrected chi connectivity index (χ4v) is 3.36. The van der Waals surface area contributed by atoms with E-state index in [0.717, 1.165) is 0 Å². The van der Waals surface area contributed by atoms with E-state index in [-0.39, 0.29) is 23.3 Å². The van der Waals surface area contributed by atoms with E-state index < -0.39 is 48.8 Å². The number of aliphatic carboxylic acids is 1. The number of hydrogen-bond donors (Lipinski definition) is 7. The molecule has 3 heterocycles. The third-order valence-electron chi connectivity index (χ3n) is 5.29. The molecule has 14 nitrogen and oxygen atoms in total. The van der Waals surface area contributed by atoms with Gasteiger partial charge in [-0.15, -0.1) is 0 Å². The SMILES string of the molecule is CN(C)c1nc2c(ncn2[C@@H]2O[C@H](CO)[C@@H](O)[C@H]2O)c(=O)[nH]1.O=C(O)C(O)Cc1ccc(O)cc1. The van der Waals surface area contributed by atoms with Gasteiger partial charge in [0, 0.05) is 20.5 Å². The predicted molar refractivity (Wildman–Crippen MR) is 121 cm³/mol. The van der Waals surface area contributed by atoms with Gasteiger partial charge < -0.3 is 40.3 Å². The molecule has 1 fully saturated rings. The second-order valence-corrected chi connectivity index (χ2v) is 8.06. The lowest BCUT2D eigenvalue weighted by atomic mass is 10.1. The van der Waals surface area contributed by atoms with E-state index >= 15 is 0 Å². The smallest absolute Gasteiger partial charge is 0.332 e. The van der Waals surface area contributed by atoms with Crippen LogP contribution < -0.4 is 10.5 Å². The fraction of sp³-hybridized carbons (Fsp3) is 0.429. The zero-order valence-corrected chi connectivity index (χ0v) is 18.9. The molecule has 14 heteroatoms. The maximum atomic E-state index is 12.0. The minimum absolute atomic E-state index is 0.0512. The number of phenolic OH excluding ortho intramolecular Hbond substituents is 1. The Balaban J connectivity index is 0.000000225. The Bertz CT molecular complexity index is 1210. The van der Waals surface area contributed by atoms with Gasteiger partial charge in [0.1, 0.15) is 24.1 Å². The summed E-state index contributed by atoms with van der Waals surface area (Å²) in [4.78, 5) is 34.7. The number of carboxylic acids is 1. The quantitative estimate of drug-likeness (QED) is 0.202. The van der Waals surface area contributed by atoms with Crippen LogP contribution in [0.25, 0.3) is 11.2 Å². The fourth-order valence-electron chi connectivity index (χ4n) is 3.36. The number of rotatable bonds is 6. The highest BCUT2D eigenvalue weighted by Gasteiger charge is 2.44. The normalized spacial score (nSPS) is 22.5. The molecule has 1 saturated heterocycles. The number of aromatic nitrogens is 4. The molecule has 0 radical (unpaired) electrons. The second-order valence-electron chi connectivity index (χ2n) is 8.06. The first-order valence-corrected chi connectivity index (χ1v) is 10.5. The van der Waals surface area contributed by atoms with E-state index in [2.05, 4.69) is 15.0 Å². The van der Waals surface area contributed by atoms with Crippen LogP contribution in [0.15, 0.2) is 35.4 Å². The number of aliphatic hydroxyl groups excluding tert-OH is 4. The summed E-state index contributed by atoms with van der Waals surface area (Å²) in [6, 6.07) is 6.04. The van der Waals surface area contributed by atoms with Gasteiger partial charge in [-0.05, 0) is 17.7 Å². The minimum Gasteiger partial charge on any atom is -0.508 e. The number of nitrogens with zero attached hydrogens (tertiary/aromatic N) is 4. The number of phenols is 1. The van der Waals surface area contributed by atoms with Crippen molar-refractivity contribution in [2.75, 3.05) is 25.6 Å². The molecule has 5 atom stereocenters. The van der Waals surface area contributed by atoms with E-state index in [1.807, 2.05) is 0 Å². The second kappa shape index (κ2) is 10.8. The standard InChI is InChI=1S/C12H17N5O5.C9H10O4/c1-16(2)12-14-9-6(10(21)15-12)13-4-17(9)11-8(20)7(19)5(3-18)22-11;10-7-3-1-6(2-4-7)5-8(11)9(12)13/h4-5,7-8,11,18-20H,3H2,1-2H3,(H,14,15,21);1-4,8,10-11H,5H2,(H,12,13)/t5-,7-,8-,11-;/m1./s1. The highest BCUT2D eigenvalue weighted by molar-refractivity contribution is 5.72. The number of H-pyrrole nitrogens is 1. The van der Waals surface area contributed by atoms with Crippen molar-refractivity contribution in [1.29, 1.82) is 0 Å². The third kappa shape index (κ3) is 5.75. The molecule has 4 rings (SSSR count). The third-order valence-corrected chi connectivity index (χ3v) is 5.29. The summed E-state index contributed by atoms with van der Waals surface area (Å²) in [7, 11) is 3.44. The number of ether oxygens (including phenoxy) is 1. The summed E-state index contributed by atoms with van der Waals surface area (Å²) >= 11 is 0. The molecular formula is C21H27N5O9. The molecule has 0 aliphatic carbocycles. The van der Waals surface area contributed by atoms with Crippen molar-refractivity contribution in [3.63, 3.8) is 0 Å². The molecule has 1 aliphatic heterocycles. The van der Waals surface area contributed by atoms with Gasteiger partial charge in [-0.1, -0.05) is 12.1 Å². The van der Waals surface area contributed by atoms with Crippen LogP contribution in [0.2, 0.25) is 0 Å². The molecular weight excluding hydrogens is 466 g/mol. The molecule has 1 aliphatic rings. The lowest BCUT2D eigenvalue weighted by molar-refractivity contribution is -0.146. The van der Waals surface area contributed by atoms with Crippen LogP contribution in [0.3, 0.4) is 0 Å². The predicted octanol–water partition coefficient (Wildman–Crippen LogP) is -1.82. The number of carboxylic acid groups (broad SMARTS) is 1. The van der Waals surface area contributed by atoms with Crippen LogP contribution in [0.4, 0.5) is 5.95 Å². The van der Waals surface area contributed by atoms with Gasteiger partial charge in [0.2, 0.25) is 5.95 Å². The van der Waals surface area contributed by atoms with Crippen molar-refractivity contribution in [3.05, 3.63) is 46.5 Å². The van der Waals surface area contributed by atoms with Gasteiger partial charge in [-0.25, -0.2) is 9.78 Å². The maximum absolute atomic E-state index is 12.0. The van der Waals surface area contributed by atoms with Crippen LogP contribution in [0.5, 0.6) is 5.75 Å². The van der Waals surface area contributed by atoms with Gasteiger partial charge in [-0.3, -0.25) is 14.3 Å². The Morgan fingerprint density at radius 2 is 1.89 bits per heavy atom. The number of nitrogens with one attached hydrogen (secondary N) is 1. The lowest BCUT2D eigenvalue weighted by Gasteiger charge is -2.17.